The minimum atomic E-state index is -0.252. The molecule has 3 amide bonds. The Morgan fingerprint density at radius 1 is 0.672 bits per heavy atom. The van der Waals surface area contributed by atoms with Crippen molar-refractivity contribution in [1.29, 1.82) is 0 Å². The predicted octanol–water partition coefficient (Wildman–Crippen LogP) is 7.16. The number of carbonyl (C=O) groups is 3. The van der Waals surface area contributed by atoms with E-state index in [0.29, 0.717) is 110 Å². The van der Waals surface area contributed by atoms with Crippen molar-refractivity contribution in [3.05, 3.63) is 129 Å². The average molecular weight is 960 g/mol. The highest BCUT2D eigenvalue weighted by Crippen LogP contribution is 2.36. The van der Waals surface area contributed by atoms with E-state index in [4.69, 9.17) is 47.9 Å². The molecule has 4 aromatic rings. The fourth-order valence-corrected chi connectivity index (χ4v) is 9.39. The third-order valence-electron chi connectivity index (χ3n) is 12.7. The number of halogens is 4. The van der Waals surface area contributed by atoms with Gasteiger partial charge < -0.3 is 39.8 Å². The van der Waals surface area contributed by atoms with Gasteiger partial charge in [0.05, 0.1) is 74.9 Å². The first-order chi connectivity index (χ1) is 32.3. The van der Waals surface area contributed by atoms with Gasteiger partial charge in [-0.15, -0.1) is 0 Å². The van der Waals surface area contributed by atoms with Crippen LogP contribution in [0.1, 0.15) is 35.1 Å². The van der Waals surface area contributed by atoms with Crippen LogP contribution in [0.15, 0.2) is 84.9 Å². The number of nitrogens with zero attached hydrogens (tertiary/aromatic N) is 4. The summed E-state index contributed by atoms with van der Waals surface area (Å²) in [6.07, 6.45) is 8.22. The van der Waals surface area contributed by atoms with Crippen molar-refractivity contribution < 1.29 is 42.1 Å². The third kappa shape index (κ3) is 12.0. The van der Waals surface area contributed by atoms with Gasteiger partial charge in [-0.3, -0.25) is 24.2 Å². The Labute approximate surface area is 398 Å². The number of benzene rings is 4. The maximum absolute atomic E-state index is 13.3. The summed E-state index contributed by atoms with van der Waals surface area (Å²) in [7, 11) is 3.05. The standard InChI is InChI=1S/C27H29ClFN3O4.C23H25ClFN3O3/c1-35-25-10-19(24(11-23(25)28)30-27(34)18-4-5-18)6-9-26(33)31-13-21-15-36-16-22(14-31)32(21)12-17-2-7-20(29)8-3-17;1-30-22-8-16(21(26)9-20(22)24)4-7-23(29)27-11-18-13-31-14-19(12-27)28(18)10-15-2-5-17(25)6-3-15/h2-3,6-11,18,21-22H,4-5,12-16H2,1H3,(H,30,34);2-9,18-19H,10-14,26H2,1H3/b9-6+;7-4+. The van der Waals surface area contributed by atoms with Crippen LogP contribution in [0, 0.1) is 17.6 Å². The van der Waals surface area contributed by atoms with Crippen LogP contribution in [-0.2, 0) is 36.9 Å². The molecule has 0 spiro atoms. The minimum Gasteiger partial charge on any atom is -0.495 e. The topological polar surface area (TPSA) is 139 Å². The van der Waals surface area contributed by atoms with Crippen LogP contribution in [0.25, 0.3) is 12.2 Å². The smallest absolute Gasteiger partial charge is 0.246 e. The lowest BCUT2D eigenvalue weighted by Crippen LogP contribution is -2.64. The first kappa shape index (κ1) is 47.9. The molecule has 3 N–H and O–H groups in total. The SMILES string of the molecule is COc1cc(/C=C/C(=O)N2CC3COCC(C2)N3Cc2ccc(F)cc2)c(N)cc1Cl.COc1cc(/C=C/C(=O)N2CC3COCC(C2)N3Cc2ccc(F)cc2)c(NC(=O)C2CC2)cc1Cl. The molecule has 4 saturated heterocycles. The predicted molar refractivity (Wildman–Crippen MR) is 254 cm³/mol. The maximum atomic E-state index is 13.3. The number of carbonyl (C=O) groups excluding carboxylic acids is 3. The van der Waals surface area contributed by atoms with Gasteiger partial charge in [0.2, 0.25) is 17.7 Å². The zero-order chi connectivity index (χ0) is 47.2. The Morgan fingerprint density at radius 3 is 1.52 bits per heavy atom. The minimum absolute atomic E-state index is 0.0390. The summed E-state index contributed by atoms with van der Waals surface area (Å²) in [4.78, 5) is 46.8. The van der Waals surface area contributed by atoms with E-state index in [1.807, 2.05) is 9.80 Å². The van der Waals surface area contributed by atoms with Crippen LogP contribution in [0.4, 0.5) is 20.2 Å². The molecule has 4 bridgehead atoms. The molecule has 5 fully saturated rings. The van der Waals surface area contributed by atoms with Gasteiger partial charge in [0, 0.05) is 79.8 Å². The summed E-state index contributed by atoms with van der Waals surface area (Å²) < 4.78 is 48.6. The van der Waals surface area contributed by atoms with Gasteiger partial charge in [-0.1, -0.05) is 47.5 Å². The van der Waals surface area contributed by atoms with Crippen molar-refractivity contribution in [3.8, 4) is 11.5 Å². The van der Waals surface area contributed by atoms with Gasteiger partial charge in [-0.2, -0.15) is 0 Å². The molecule has 4 unspecified atom stereocenters. The largest absolute Gasteiger partial charge is 0.495 e. The number of ether oxygens (including phenoxy) is 4. The van der Waals surface area contributed by atoms with Gasteiger partial charge in [-0.05, 0) is 84.7 Å². The average Bonchev–Trinajstić information content (AvgIpc) is 4.16. The molecule has 4 atom stereocenters. The number of rotatable bonds is 12. The summed E-state index contributed by atoms with van der Waals surface area (Å²) in [5.41, 5.74) is 10.5. The van der Waals surface area contributed by atoms with Crippen molar-refractivity contribution >= 4 is 64.5 Å². The van der Waals surface area contributed by atoms with E-state index in [-0.39, 0.29) is 59.4 Å². The maximum Gasteiger partial charge on any atom is 0.246 e. The van der Waals surface area contributed by atoms with Crippen molar-refractivity contribution in [2.75, 3.05) is 77.9 Å². The lowest BCUT2D eigenvalue weighted by molar-refractivity contribution is -0.141. The number of methoxy groups -OCH3 is 2. The normalized spacial score (nSPS) is 21.8. The van der Waals surface area contributed by atoms with Crippen molar-refractivity contribution in [2.24, 2.45) is 5.92 Å². The van der Waals surface area contributed by atoms with Gasteiger partial charge in [0.1, 0.15) is 23.1 Å². The molecule has 0 radical (unpaired) electrons. The number of hydrogen-bond donors (Lipinski definition) is 2. The van der Waals surface area contributed by atoms with E-state index in [1.165, 1.54) is 50.6 Å². The highest BCUT2D eigenvalue weighted by molar-refractivity contribution is 6.33. The molecular weight excluding hydrogens is 905 g/mol. The molecule has 9 rings (SSSR count). The highest BCUT2D eigenvalue weighted by atomic mass is 35.5. The lowest BCUT2D eigenvalue weighted by atomic mass is 10.0. The van der Waals surface area contributed by atoms with Gasteiger partial charge in [0.25, 0.3) is 0 Å². The van der Waals surface area contributed by atoms with Crippen molar-refractivity contribution in [2.45, 2.75) is 50.1 Å². The van der Waals surface area contributed by atoms with Crippen LogP contribution in [0.5, 0.6) is 11.5 Å². The Balaban J connectivity index is 0.000000184. The molecule has 1 aliphatic carbocycles. The van der Waals surface area contributed by atoms with Crippen LogP contribution in [0.2, 0.25) is 10.0 Å². The van der Waals surface area contributed by atoms with E-state index in [1.54, 1.807) is 60.7 Å². The number of amides is 3. The fourth-order valence-electron chi connectivity index (χ4n) is 8.90. The lowest BCUT2D eigenvalue weighted by Gasteiger charge is -2.49. The molecule has 13 nitrogen and oxygen atoms in total. The summed E-state index contributed by atoms with van der Waals surface area (Å²) in [6.45, 7) is 5.81. The van der Waals surface area contributed by atoms with Gasteiger partial charge in [-0.25, -0.2) is 8.78 Å². The van der Waals surface area contributed by atoms with E-state index in [0.717, 1.165) is 24.0 Å². The van der Waals surface area contributed by atoms with Gasteiger partial charge in [0.15, 0.2) is 0 Å². The zero-order valence-electron chi connectivity index (χ0n) is 37.3. The number of piperazine rings is 2. The molecule has 354 valence electrons. The molecule has 4 aromatic carbocycles. The number of morpholine rings is 2. The molecule has 5 aliphatic rings. The zero-order valence-corrected chi connectivity index (χ0v) is 38.9. The number of anilines is 2. The Morgan fingerprint density at radius 2 is 1.09 bits per heavy atom. The van der Waals surface area contributed by atoms with E-state index in [9.17, 15) is 23.2 Å². The molecular formula is C50H54Cl2F2N6O7. The number of nitrogens with two attached hydrogens (primary N) is 1. The number of nitrogens with one attached hydrogen (secondary N) is 1. The Kier molecular flexibility index (Phi) is 15.5. The monoisotopic (exact) mass is 958 g/mol. The molecule has 4 aliphatic heterocycles. The van der Waals surface area contributed by atoms with E-state index in [2.05, 4.69) is 15.1 Å². The van der Waals surface area contributed by atoms with Crippen LogP contribution in [0.3, 0.4) is 0 Å². The second-order valence-corrected chi connectivity index (χ2v) is 18.2. The number of fused-ring (bicyclic) bond motifs is 4. The summed E-state index contributed by atoms with van der Waals surface area (Å²) in [5.74, 6) is 0.289. The Hall–Kier alpha value is -5.55. The Bertz CT molecular complexity index is 2460. The second-order valence-electron chi connectivity index (χ2n) is 17.4. The van der Waals surface area contributed by atoms with Gasteiger partial charge >= 0.3 is 0 Å². The van der Waals surface area contributed by atoms with E-state index < -0.39 is 0 Å². The van der Waals surface area contributed by atoms with Crippen LogP contribution in [-0.4, -0.2) is 128 Å². The van der Waals surface area contributed by atoms with Crippen molar-refractivity contribution in [3.63, 3.8) is 0 Å². The van der Waals surface area contributed by atoms with Crippen LogP contribution < -0.4 is 20.5 Å². The molecule has 0 aromatic heterocycles. The fraction of sp³-hybridized carbons (Fsp3) is 0.380. The molecule has 67 heavy (non-hydrogen) atoms. The molecule has 4 heterocycles. The number of hydrogen-bond acceptors (Lipinski definition) is 10. The molecule has 17 heteroatoms. The second kappa shape index (κ2) is 21.6. The quantitative estimate of drug-likeness (QED) is 0.111. The third-order valence-corrected chi connectivity index (χ3v) is 13.3. The number of nitrogen functional groups attached to an aromatic ring is 1. The van der Waals surface area contributed by atoms with E-state index >= 15 is 0 Å². The van der Waals surface area contributed by atoms with Crippen LogP contribution >= 0.6 is 23.2 Å². The highest BCUT2D eigenvalue weighted by Gasteiger charge is 2.40. The summed E-state index contributed by atoms with van der Waals surface area (Å²) >= 11 is 12.4. The first-order valence-corrected chi connectivity index (χ1v) is 23.0. The molecule has 1 saturated carbocycles. The summed E-state index contributed by atoms with van der Waals surface area (Å²) in [5, 5.41) is 3.74. The summed E-state index contributed by atoms with van der Waals surface area (Å²) in [6, 6.07) is 20.1. The first-order valence-electron chi connectivity index (χ1n) is 22.3. The van der Waals surface area contributed by atoms with Crippen molar-refractivity contribution in [1.82, 2.24) is 19.6 Å².